The maximum atomic E-state index is 10.4. The van der Waals surface area contributed by atoms with Gasteiger partial charge in [0.05, 0.1) is 25.1 Å². The van der Waals surface area contributed by atoms with Gasteiger partial charge < -0.3 is 14.7 Å². The van der Waals surface area contributed by atoms with Gasteiger partial charge in [0, 0.05) is 49.7 Å². The molecule has 0 amide bonds. The van der Waals surface area contributed by atoms with Crippen LogP contribution in [0.4, 0.5) is 5.82 Å². The second kappa shape index (κ2) is 9.24. The van der Waals surface area contributed by atoms with Crippen LogP contribution in [0.2, 0.25) is 0 Å². The normalized spacial score (nSPS) is 14.5. The van der Waals surface area contributed by atoms with Gasteiger partial charge in [0.25, 0.3) is 0 Å². The zero-order chi connectivity index (χ0) is 22.6. The fraction of sp³-hybridized carbons (Fsp3) is 0.250. The average molecular weight is 441 g/mol. The van der Waals surface area contributed by atoms with E-state index in [1.54, 1.807) is 28.8 Å². The Morgan fingerprint density at radius 3 is 2.61 bits per heavy atom. The van der Waals surface area contributed by atoms with Crippen LogP contribution in [0, 0.1) is 11.8 Å². The van der Waals surface area contributed by atoms with E-state index in [9.17, 15) is 5.11 Å². The van der Waals surface area contributed by atoms with Crippen molar-refractivity contribution >= 4 is 5.82 Å². The molecule has 4 heterocycles. The van der Waals surface area contributed by atoms with Crippen LogP contribution < -0.4 is 4.90 Å². The van der Waals surface area contributed by atoms with Crippen LogP contribution in [0.5, 0.6) is 0 Å². The van der Waals surface area contributed by atoms with E-state index in [1.165, 1.54) is 0 Å². The molecule has 1 N–H and O–H groups in total. The molecule has 1 aliphatic heterocycles. The van der Waals surface area contributed by atoms with E-state index in [1.807, 2.05) is 48.7 Å². The first-order valence-electron chi connectivity index (χ1n) is 10.7. The fourth-order valence-electron chi connectivity index (χ4n) is 3.56. The smallest absolute Gasteiger partial charge is 0.208 e. The van der Waals surface area contributed by atoms with E-state index >= 15 is 0 Å². The summed E-state index contributed by atoms with van der Waals surface area (Å²) in [6.07, 6.45) is 4.21. The number of aryl methyl sites for hydroxylation is 1. The number of rotatable bonds is 4. The molecular weight excluding hydrogens is 418 g/mol. The molecule has 9 nitrogen and oxygen atoms in total. The third kappa shape index (κ3) is 4.77. The Morgan fingerprint density at radius 2 is 1.85 bits per heavy atom. The zero-order valence-corrected chi connectivity index (χ0v) is 18.2. The molecule has 1 aromatic carbocycles. The molecule has 3 aromatic heterocycles. The minimum absolute atomic E-state index is 0.314. The van der Waals surface area contributed by atoms with Crippen LogP contribution in [-0.2, 0) is 11.8 Å². The molecule has 9 heteroatoms. The number of morpholine rings is 1. The Balaban J connectivity index is 1.50. The van der Waals surface area contributed by atoms with Crippen molar-refractivity contribution in [3.05, 3.63) is 72.4 Å². The SMILES string of the molecule is Cn1cc(C(O)C#Cc2nc(N3CCOCC3)cc(-n3ccc(-c4ccccc4)n3)n2)cn1. The Morgan fingerprint density at radius 1 is 1.06 bits per heavy atom. The lowest BCUT2D eigenvalue weighted by Crippen LogP contribution is -2.37. The average Bonchev–Trinajstić information content (AvgIpc) is 3.53. The van der Waals surface area contributed by atoms with Crippen molar-refractivity contribution in [1.82, 2.24) is 29.5 Å². The molecule has 0 saturated carbocycles. The van der Waals surface area contributed by atoms with E-state index in [4.69, 9.17) is 9.84 Å². The van der Waals surface area contributed by atoms with Gasteiger partial charge in [-0.3, -0.25) is 4.68 Å². The van der Waals surface area contributed by atoms with Crippen molar-refractivity contribution in [3.8, 4) is 28.9 Å². The maximum absolute atomic E-state index is 10.4. The molecule has 0 radical (unpaired) electrons. The van der Waals surface area contributed by atoms with Crippen molar-refractivity contribution in [1.29, 1.82) is 0 Å². The molecule has 5 rings (SSSR count). The highest BCUT2D eigenvalue weighted by Gasteiger charge is 2.16. The molecule has 166 valence electrons. The molecule has 1 aliphatic rings. The quantitative estimate of drug-likeness (QED) is 0.484. The minimum Gasteiger partial charge on any atom is -0.378 e. The first-order chi connectivity index (χ1) is 16.2. The Kier molecular flexibility index (Phi) is 5.85. The summed E-state index contributed by atoms with van der Waals surface area (Å²) in [6, 6.07) is 13.8. The van der Waals surface area contributed by atoms with Gasteiger partial charge in [-0.1, -0.05) is 36.3 Å². The molecule has 4 aromatic rings. The van der Waals surface area contributed by atoms with E-state index in [0.29, 0.717) is 30.4 Å². The van der Waals surface area contributed by atoms with Crippen molar-refractivity contribution in [2.75, 3.05) is 31.2 Å². The molecule has 1 unspecified atom stereocenters. The highest BCUT2D eigenvalue weighted by Crippen LogP contribution is 2.20. The number of ether oxygens (including phenoxy) is 1. The zero-order valence-electron chi connectivity index (χ0n) is 18.2. The summed E-state index contributed by atoms with van der Waals surface area (Å²) < 4.78 is 8.82. The summed E-state index contributed by atoms with van der Waals surface area (Å²) in [6.45, 7) is 2.74. The molecular formula is C24H23N7O2. The Bertz CT molecular complexity index is 1300. The third-order valence-electron chi connectivity index (χ3n) is 5.29. The summed E-state index contributed by atoms with van der Waals surface area (Å²) in [5, 5.41) is 19.2. The van der Waals surface area contributed by atoms with E-state index in [-0.39, 0.29) is 0 Å². The number of benzene rings is 1. The van der Waals surface area contributed by atoms with Crippen molar-refractivity contribution < 1.29 is 9.84 Å². The van der Waals surface area contributed by atoms with Crippen LogP contribution in [0.25, 0.3) is 17.1 Å². The number of nitrogens with zero attached hydrogens (tertiary/aromatic N) is 7. The Labute approximate surface area is 191 Å². The Hall–Kier alpha value is -4.00. The standard InChI is InChI=1S/C24H23N7O2/c1-29-17-19(16-25-29)21(32)7-8-22-26-23(30-11-13-33-14-12-30)15-24(27-22)31-10-9-20(28-31)18-5-3-2-4-6-18/h2-6,9-10,15-17,21,32H,11-14H2,1H3. The highest BCUT2D eigenvalue weighted by molar-refractivity contribution is 5.58. The topological polar surface area (TPSA) is 94.1 Å². The summed E-state index contributed by atoms with van der Waals surface area (Å²) in [7, 11) is 1.79. The van der Waals surface area contributed by atoms with Gasteiger partial charge in [-0.2, -0.15) is 10.2 Å². The van der Waals surface area contributed by atoms with Gasteiger partial charge in [-0.05, 0) is 12.0 Å². The first kappa shape index (κ1) is 20.9. The lowest BCUT2D eigenvalue weighted by molar-refractivity contribution is 0.122. The lowest BCUT2D eigenvalue weighted by Gasteiger charge is -2.28. The summed E-state index contributed by atoms with van der Waals surface area (Å²) in [4.78, 5) is 11.4. The largest absolute Gasteiger partial charge is 0.378 e. The number of aliphatic hydroxyl groups is 1. The van der Waals surface area contributed by atoms with E-state index in [0.717, 1.165) is 30.2 Å². The molecule has 1 atom stereocenters. The van der Waals surface area contributed by atoms with Crippen LogP contribution >= 0.6 is 0 Å². The number of hydrogen-bond donors (Lipinski definition) is 1. The van der Waals surface area contributed by atoms with Gasteiger partial charge in [0.2, 0.25) is 5.82 Å². The summed E-state index contributed by atoms with van der Waals surface area (Å²) in [5.41, 5.74) is 2.49. The third-order valence-corrected chi connectivity index (χ3v) is 5.29. The van der Waals surface area contributed by atoms with Crippen LogP contribution in [-0.4, -0.2) is 60.9 Å². The maximum Gasteiger partial charge on any atom is 0.208 e. The van der Waals surface area contributed by atoms with Crippen molar-refractivity contribution in [2.45, 2.75) is 6.10 Å². The summed E-state index contributed by atoms with van der Waals surface area (Å²) in [5.74, 6) is 7.41. The lowest BCUT2D eigenvalue weighted by atomic mass is 10.2. The van der Waals surface area contributed by atoms with Crippen LogP contribution in [0.1, 0.15) is 17.5 Å². The van der Waals surface area contributed by atoms with Gasteiger partial charge in [-0.15, -0.1) is 0 Å². The number of anilines is 1. The predicted molar refractivity (Wildman–Crippen MR) is 123 cm³/mol. The fourth-order valence-corrected chi connectivity index (χ4v) is 3.56. The molecule has 33 heavy (non-hydrogen) atoms. The van der Waals surface area contributed by atoms with Crippen molar-refractivity contribution in [3.63, 3.8) is 0 Å². The minimum atomic E-state index is -0.979. The number of aromatic nitrogens is 6. The number of aliphatic hydroxyl groups excluding tert-OH is 1. The molecule has 1 saturated heterocycles. The second-order valence-electron chi connectivity index (χ2n) is 7.64. The highest BCUT2D eigenvalue weighted by atomic mass is 16.5. The van der Waals surface area contributed by atoms with E-state index in [2.05, 4.69) is 31.8 Å². The first-order valence-corrected chi connectivity index (χ1v) is 10.7. The van der Waals surface area contributed by atoms with Crippen LogP contribution in [0.3, 0.4) is 0 Å². The van der Waals surface area contributed by atoms with Gasteiger partial charge in [0.1, 0.15) is 11.9 Å². The van der Waals surface area contributed by atoms with Gasteiger partial charge in [0.15, 0.2) is 5.82 Å². The second-order valence-corrected chi connectivity index (χ2v) is 7.64. The molecule has 0 bridgehead atoms. The molecule has 0 spiro atoms. The van der Waals surface area contributed by atoms with Crippen molar-refractivity contribution in [2.24, 2.45) is 7.05 Å². The monoisotopic (exact) mass is 441 g/mol. The van der Waals surface area contributed by atoms with Crippen LogP contribution in [0.15, 0.2) is 61.1 Å². The predicted octanol–water partition coefficient (Wildman–Crippen LogP) is 1.98. The molecule has 0 aliphatic carbocycles. The van der Waals surface area contributed by atoms with Gasteiger partial charge in [-0.25, -0.2) is 14.6 Å². The van der Waals surface area contributed by atoms with Gasteiger partial charge >= 0.3 is 0 Å². The number of hydrogen-bond acceptors (Lipinski definition) is 7. The van der Waals surface area contributed by atoms with E-state index < -0.39 is 6.10 Å². The molecule has 1 fully saturated rings. The summed E-state index contributed by atoms with van der Waals surface area (Å²) >= 11 is 0.